The average Bonchev–Trinajstić information content (AvgIpc) is 3.03. The Labute approximate surface area is 136 Å². The highest BCUT2D eigenvalue weighted by molar-refractivity contribution is 5.57. The Bertz CT molecular complexity index is 655. The maximum atomic E-state index is 5.35. The zero-order valence-corrected chi connectivity index (χ0v) is 13.7. The molecule has 0 spiro atoms. The van der Waals surface area contributed by atoms with Gasteiger partial charge in [-0.2, -0.15) is 0 Å². The van der Waals surface area contributed by atoms with Gasteiger partial charge < -0.3 is 19.7 Å². The summed E-state index contributed by atoms with van der Waals surface area (Å²) >= 11 is 0. The van der Waals surface area contributed by atoms with Crippen LogP contribution < -0.4 is 19.7 Å². The highest BCUT2D eigenvalue weighted by atomic mass is 16.5. The van der Waals surface area contributed by atoms with E-state index in [1.165, 1.54) is 0 Å². The monoisotopic (exact) mass is 314 g/mol. The molecule has 1 aromatic heterocycles. The fourth-order valence-corrected chi connectivity index (χ4v) is 2.83. The van der Waals surface area contributed by atoms with Crippen LogP contribution in [-0.2, 0) is 0 Å². The molecule has 1 N–H and O–H groups in total. The predicted molar refractivity (Wildman–Crippen MR) is 90.6 cm³/mol. The summed E-state index contributed by atoms with van der Waals surface area (Å²) in [5.41, 5.74) is 2.08. The van der Waals surface area contributed by atoms with Gasteiger partial charge in [-0.3, -0.25) is 0 Å². The van der Waals surface area contributed by atoms with Gasteiger partial charge in [0.1, 0.15) is 23.6 Å². The Balaban J connectivity index is 1.70. The molecule has 2 heterocycles. The molecule has 6 nitrogen and oxygen atoms in total. The summed E-state index contributed by atoms with van der Waals surface area (Å²) < 4.78 is 10.7. The number of aromatic nitrogens is 2. The smallest absolute Gasteiger partial charge is 0.129 e. The largest absolute Gasteiger partial charge is 0.497 e. The van der Waals surface area contributed by atoms with Crippen LogP contribution in [0.1, 0.15) is 12.1 Å². The third-order valence-corrected chi connectivity index (χ3v) is 4.05. The van der Waals surface area contributed by atoms with E-state index in [-0.39, 0.29) is 0 Å². The third kappa shape index (κ3) is 3.64. The van der Waals surface area contributed by atoms with Crippen LogP contribution >= 0.6 is 0 Å². The SMILES string of the molecule is COc1cc(OC)cc(N2CCC(Nc3cc(C)ncn3)C2)c1. The maximum Gasteiger partial charge on any atom is 0.129 e. The van der Waals surface area contributed by atoms with Crippen LogP contribution in [-0.4, -0.2) is 43.3 Å². The van der Waals surface area contributed by atoms with Gasteiger partial charge in [-0.1, -0.05) is 0 Å². The Hall–Kier alpha value is -2.50. The second-order valence-electron chi connectivity index (χ2n) is 5.69. The van der Waals surface area contributed by atoms with Crippen molar-refractivity contribution in [3.05, 3.63) is 36.3 Å². The minimum atomic E-state index is 0.362. The minimum Gasteiger partial charge on any atom is -0.497 e. The lowest BCUT2D eigenvalue weighted by Gasteiger charge is -2.20. The molecule has 1 aromatic carbocycles. The molecule has 0 bridgehead atoms. The second-order valence-corrected chi connectivity index (χ2v) is 5.69. The van der Waals surface area contributed by atoms with E-state index in [1.807, 2.05) is 31.2 Å². The molecule has 1 saturated heterocycles. The summed E-state index contributed by atoms with van der Waals surface area (Å²) in [6, 6.07) is 8.30. The van der Waals surface area contributed by atoms with Crippen LogP contribution in [0, 0.1) is 6.92 Å². The first-order valence-electron chi connectivity index (χ1n) is 7.71. The van der Waals surface area contributed by atoms with Gasteiger partial charge in [0.15, 0.2) is 0 Å². The van der Waals surface area contributed by atoms with Gasteiger partial charge in [0.2, 0.25) is 0 Å². The van der Waals surface area contributed by atoms with Crippen LogP contribution in [0.3, 0.4) is 0 Å². The van der Waals surface area contributed by atoms with Crippen LogP contribution in [0.4, 0.5) is 11.5 Å². The molecule has 6 heteroatoms. The van der Waals surface area contributed by atoms with Crippen molar-refractivity contribution < 1.29 is 9.47 Å². The van der Waals surface area contributed by atoms with Crippen molar-refractivity contribution >= 4 is 11.5 Å². The zero-order valence-electron chi connectivity index (χ0n) is 13.7. The molecule has 1 aliphatic rings. The fourth-order valence-electron chi connectivity index (χ4n) is 2.83. The van der Waals surface area contributed by atoms with Crippen LogP contribution in [0.25, 0.3) is 0 Å². The normalized spacial score (nSPS) is 17.2. The van der Waals surface area contributed by atoms with E-state index in [4.69, 9.17) is 9.47 Å². The molecule has 1 unspecified atom stereocenters. The molecular weight excluding hydrogens is 292 g/mol. The van der Waals surface area contributed by atoms with Gasteiger partial charge in [-0.25, -0.2) is 9.97 Å². The molecule has 0 amide bonds. The number of anilines is 2. The summed E-state index contributed by atoms with van der Waals surface area (Å²) in [7, 11) is 3.34. The Morgan fingerprint density at radius 2 is 1.83 bits per heavy atom. The number of benzene rings is 1. The molecule has 0 aliphatic carbocycles. The summed E-state index contributed by atoms with van der Waals surface area (Å²) in [5, 5.41) is 3.48. The maximum absolute atomic E-state index is 5.35. The molecule has 2 aromatic rings. The molecule has 1 fully saturated rings. The van der Waals surface area contributed by atoms with Crippen LogP contribution in [0.15, 0.2) is 30.6 Å². The Morgan fingerprint density at radius 3 is 2.48 bits per heavy atom. The van der Waals surface area contributed by atoms with Crippen molar-refractivity contribution in [3.63, 3.8) is 0 Å². The van der Waals surface area contributed by atoms with Crippen molar-refractivity contribution in [1.82, 2.24) is 9.97 Å². The highest BCUT2D eigenvalue weighted by Crippen LogP contribution is 2.30. The van der Waals surface area contributed by atoms with Crippen LogP contribution in [0.5, 0.6) is 11.5 Å². The molecular formula is C17H22N4O2. The van der Waals surface area contributed by atoms with Crippen molar-refractivity contribution in [2.24, 2.45) is 0 Å². The van der Waals surface area contributed by atoms with E-state index < -0.39 is 0 Å². The molecule has 1 atom stereocenters. The topological polar surface area (TPSA) is 59.5 Å². The third-order valence-electron chi connectivity index (χ3n) is 4.05. The summed E-state index contributed by atoms with van der Waals surface area (Å²) in [6.45, 7) is 3.87. The van der Waals surface area contributed by atoms with E-state index in [1.54, 1.807) is 20.5 Å². The highest BCUT2D eigenvalue weighted by Gasteiger charge is 2.23. The number of hydrogen-bond donors (Lipinski definition) is 1. The Morgan fingerprint density at radius 1 is 1.09 bits per heavy atom. The molecule has 0 saturated carbocycles. The van der Waals surface area contributed by atoms with Crippen molar-refractivity contribution in [1.29, 1.82) is 0 Å². The summed E-state index contributed by atoms with van der Waals surface area (Å²) in [6.07, 6.45) is 2.65. The average molecular weight is 314 g/mol. The van der Waals surface area contributed by atoms with Crippen molar-refractivity contribution in [3.8, 4) is 11.5 Å². The molecule has 122 valence electrons. The second kappa shape index (κ2) is 6.73. The molecule has 1 aliphatic heterocycles. The standard InChI is InChI=1S/C17H22N4O2/c1-12-6-17(19-11-18-12)20-13-4-5-21(10-13)14-7-15(22-2)9-16(8-14)23-3/h6-9,11,13H,4-5,10H2,1-3H3,(H,18,19,20). The van der Waals surface area contributed by atoms with Gasteiger partial charge in [-0.05, 0) is 13.3 Å². The lowest BCUT2D eigenvalue weighted by Crippen LogP contribution is -2.26. The lowest BCUT2D eigenvalue weighted by molar-refractivity contribution is 0.394. The minimum absolute atomic E-state index is 0.362. The number of ether oxygens (including phenoxy) is 2. The quantitative estimate of drug-likeness (QED) is 0.915. The number of rotatable bonds is 5. The van der Waals surface area contributed by atoms with Gasteiger partial charge in [0.05, 0.1) is 14.2 Å². The first-order valence-corrected chi connectivity index (χ1v) is 7.71. The number of aryl methyl sites for hydroxylation is 1. The summed E-state index contributed by atoms with van der Waals surface area (Å²) in [4.78, 5) is 10.7. The van der Waals surface area contributed by atoms with Crippen molar-refractivity contribution in [2.75, 3.05) is 37.5 Å². The van der Waals surface area contributed by atoms with E-state index in [0.29, 0.717) is 6.04 Å². The van der Waals surface area contributed by atoms with E-state index in [2.05, 4.69) is 20.2 Å². The van der Waals surface area contributed by atoms with E-state index in [0.717, 1.165) is 48.2 Å². The first kappa shape index (κ1) is 15.4. The summed E-state index contributed by atoms with van der Waals surface area (Å²) in [5.74, 6) is 2.50. The zero-order chi connectivity index (χ0) is 16.2. The number of nitrogens with zero attached hydrogens (tertiary/aromatic N) is 3. The van der Waals surface area contributed by atoms with Gasteiger partial charge in [0.25, 0.3) is 0 Å². The predicted octanol–water partition coefficient (Wildman–Crippen LogP) is 2.49. The van der Waals surface area contributed by atoms with Gasteiger partial charge in [0, 0.05) is 54.8 Å². The van der Waals surface area contributed by atoms with Gasteiger partial charge in [-0.15, -0.1) is 0 Å². The molecule has 0 radical (unpaired) electrons. The van der Waals surface area contributed by atoms with E-state index >= 15 is 0 Å². The lowest BCUT2D eigenvalue weighted by atomic mass is 10.2. The number of nitrogens with one attached hydrogen (secondary N) is 1. The van der Waals surface area contributed by atoms with Crippen LogP contribution in [0.2, 0.25) is 0 Å². The van der Waals surface area contributed by atoms with E-state index in [9.17, 15) is 0 Å². The Kier molecular flexibility index (Phi) is 4.50. The van der Waals surface area contributed by atoms with Crippen molar-refractivity contribution in [2.45, 2.75) is 19.4 Å². The molecule has 23 heavy (non-hydrogen) atoms. The number of methoxy groups -OCH3 is 2. The number of hydrogen-bond acceptors (Lipinski definition) is 6. The van der Waals surface area contributed by atoms with Gasteiger partial charge >= 0.3 is 0 Å². The fraction of sp³-hybridized carbons (Fsp3) is 0.412. The first-order chi connectivity index (χ1) is 11.2. The molecule has 3 rings (SSSR count).